The topological polar surface area (TPSA) is 82.4 Å². The van der Waals surface area contributed by atoms with Gasteiger partial charge in [0, 0.05) is 30.1 Å². The molecule has 1 heterocycles. The van der Waals surface area contributed by atoms with Crippen molar-refractivity contribution in [3.05, 3.63) is 130 Å². The summed E-state index contributed by atoms with van der Waals surface area (Å²) in [7, 11) is 1.57. The van der Waals surface area contributed by atoms with Crippen LogP contribution >= 0.6 is 8.53 Å². The van der Waals surface area contributed by atoms with E-state index in [2.05, 4.69) is 38.4 Å². The number of hydrogen-bond acceptors (Lipinski definition) is 8. The van der Waals surface area contributed by atoms with Gasteiger partial charge in [0.25, 0.3) is 8.53 Å². The van der Waals surface area contributed by atoms with Crippen LogP contribution < -0.4 is 9.47 Å². The first-order chi connectivity index (χ1) is 25.5. The van der Waals surface area contributed by atoms with E-state index in [1.54, 1.807) is 21.1 Å². The minimum atomic E-state index is -1.68. The molecule has 0 radical (unpaired) electrons. The van der Waals surface area contributed by atoms with Gasteiger partial charge in [-0.05, 0) is 87.2 Å². The summed E-state index contributed by atoms with van der Waals surface area (Å²) in [6.07, 6.45) is -1.59. The van der Waals surface area contributed by atoms with Crippen molar-refractivity contribution < 1.29 is 36.8 Å². The van der Waals surface area contributed by atoms with Gasteiger partial charge in [0.15, 0.2) is 0 Å². The Labute approximate surface area is 313 Å². The predicted molar refractivity (Wildman–Crippen MR) is 202 cm³/mol. The lowest BCUT2D eigenvalue weighted by Gasteiger charge is -2.39. The standard InChI is InChI=1S/C42H49F2N2O6P/c1-28(2)46(29(3)4)53(50-23-11-22-45)52-40-26-39(36-24-30(5)37(43)25-38(36)44)51-41(40)27-49-42(31-12-9-8-10-13-31,32-14-18-34(47-6)19-15-32)33-16-20-35(48-7)21-17-33/h8-10,12-21,24-25,28-29,39-41H,11,23,26-27H2,1-7H3/t39-,40+,41-,53?/m1/s1. The summed E-state index contributed by atoms with van der Waals surface area (Å²) < 4.78 is 70.0. The van der Waals surface area contributed by atoms with Gasteiger partial charge in [-0.25, -0.2) is 13.5 Å². The Morgan fingerprint density at radius 2 is 1.42 bits per heavy atom. The fourth-order valence-corrected chi connectivity index (χ4v) is 8.55. The van der Waals surface area contributed by atoms with Crippen molar-refractivity contribution in [1.82, 2.24) is 4.67 Å². The Morgan fingerprint density at radius 1 is 0.849 bits per heavy atom. The van der Waals surface area contributed by atoms with E-state index in [0.29, 0.717) is 17.1 Å². The van der Waals surface area contributed by atoms with E-state index >= 15 is 4.39 Å². The van der Waals surface area contributed by atoms with Crippen molar-refractivity contribution in [1.29, 1.82) is 5.26 Å². The van der Waals surface area contributed by atoms with Gasteiger partial charge < -0.3 is 28.0 Å². The Morgan fingerprint density at radius 3 is 1.94 bits per heavy atom. The maximum absolute atomic E-state index is 15.4. The third kappa shape index (κ3) is 9.24. The molecule has 1 unspecified atom stereocenters. The van der Waals surface area contributed by atoms with Gasteiger partial charge in [-0.3, -0.25) is 0 Å². The van der Waals surface area contributed by atoms with Crippen molar-refractivity contribution in [2.45, 2.75) is 83.5 Å². The van der Waals surface area contributed by atoms with E-state index in [1.165, 1.54) is 6.07 Å². The fourth-order valence-electron chi connectivity index (χ4n) is 6.79. The first-order valence-corrected chi connectivity index (χ1v) is 19.0. The number of rotatable bonds is 17. The summed E-state index contributed by atoms with van der Waals surface area (Å²) >= 11 is 0. The minimum Gasteiger partial charge on any atom is -0.497 e. The summed E-state index contributed by atoms with van der Waals surface area (Å²) in [5, 5.41) is 9.29. The van der Waals surface area contributed by atoms with Crippen LogP contribution in [-0.2, 0) is 24.1 Å². The molecule has 1 saturated heterocycles. The molecule has 282 valence electrons. The zero-order valence-corrected chi connectivity index (χ0v) is 32.3. The van der Waals surface area contributed by atoms with Crippen LogP contribution in [0.3, 0.4) is 0 Å². The molecule has 0 amide bonds. The average Bonchev–Trinajstić information content (AvgIpc) is 3.56. The quantitative estimate of drug-likeness (QED) is 0.0600. The molecular weight excluding hydrogens is 697 g/mol. The highest BCUT2D eigenvalue weighted by molar-refractivity contribution is 7.44. The molecule has 4 aromatic rings. The Bertz CT molecular complexity index is 1750. The predicted octanol–water partition coefficient (Wildman–Crippen LogP) is 9.79. The van der Waals surface area contributed by atoms with Gasteiger partial charge in [0.05, 0.1) is 52.1 Å². The van der Waals surface area contributed by atoms with E-state index in [1.807, 2.05) is 78.9 Å². The van der Waals surface area contributed by atoms with Gasteiger partial charge in [-0.2, -0.15) is 5.26 Å². The molecule has 4 atom stereocenters. The Balaban J connectivity index is 1.60. The third-order valence-electron chi connectivity index (χ3n) is 9.35. The van der Waals surface area contributed by atoms with Crippen molar-refractivity contribution in [3.8, 4) is 17.6 Å². The van der Waals surface area contributed by atoms with E-state index in [-0.39, 0.29) is 43.7 Å². The highest BCUT2D eigenvalue weighted by Crippen LogP contribution is 2.51. The van der Waals surface area contributed by atoms with Gasteiger partial charge in [-0.1, -0.05) is 54.6 Å². The smallest absolute Gasteiger partial charge is 0.259 e. The molecular formula is C42H49F2N2O6P. The van der Waals surface area contributed by atoms with Crippen LogP contribution in [0.15, 0.2) is 91.0 Å². The molecule has 1 aliphatic rings. The highest BCUT2D eigenvalue weighted by atomic mass is 31.2. The van der Waals surface area contributed by atoms with E-state index < -0.39 is 44.1 Å². The molecule has 0 spiro atoms. The summed E-state index contributed by atoms with van der Waals surface area (Å²) in [6.45, 7) is 10.1. The fraction of sp³-hybridized carbons (Fsp3) is 0.405. The summed E-state index contributed by atoms with van der Waals surface area (Å²) in [4.78, 5) is 0. The molecule has 0 N–H and O–H groups in total. The van der Waals surface area contributed by atoms with Gasteiger partial charge in [0.2, 0.25) is 0 Å². The van der Waals surface area contributed by atoms with Crippen LogP contribution in [0.5, 0.6) is 11.5 Å². The third-order valence-corrected chi connectivity index (χ3v) is 11.5. The molecule has 0 saturated carbocycles. The average molecular weight is 747 g/mol. The largest absolute Gasteiger partial charge is 0.497 e. The number of nitriles is 1. The first kappa shape index (κ1) is 40.2. The van der Waals surface area contributed by atoms with E-state index in [9.17, 15) is 9.65 Å². The molecule has 0 aliphatic carbocycles. The molecule has 53 heavy (non-hydrogen) atoms. The maximum atomic E-state index is 15.4. The maximum Gasteiger partial charge on any atom is 0.259 e. The molecule has 8 nitrogen and oxygen atoms in total. The van der Waals surface area contributed by atoms with Crippen LogP contribution in [-0.4, -0.2) is 56.4 Å². The van der Waals surface area contributed by atoms with Crippen LogP contribution in [0.4, 0.5) is 8.78 Å². The number of hydrogen-bond donors (Lipinski definition) is 0. The van der Waals surface area contributed by atoms with Gasteiger partial charge in [-0.15, -0.1) is 0 Å². The number of nitrogens with zero attached hydrogens (tertiary/aromatic N) is 2. The van der Waals surface area contributed by atoms with Crippen LogP contribution in [0.1, 0.15) is 74.5 Å². The normalized spacial score (nSPS) is 18.1. The summed E-state index contributed by atoms with van der Waals surface area (Å²) in [5.74, 6) is 0.0822. The zero-order chi connectivity index (χ0) is 38.1. The van der Waals surface area contributed by atoms with Crippen LogP contribution in [0.2, 0.25) is 0 Å². The number of aryl methyl sites for hydroxylation is 1. The van der Waals surface area contributed by atoms with Crippen LogP contribution in [0, 0.1) is 29.9 Å². The lowest BCUT2D eigenvalue weighted by atomic mass is 9.80. The monoisotopic (exact) mass is 746 g/mol. The SMILES string of the molecule is COc1ccc(C(OC[C@H]2O[C@@H](c3cc(C)c(F)cc3F)C[C@@H]2OP(OCCC#N)N(C(C)C)C(C)C)(c2ccccc2)c2ccc(OC)cc2)cc1. The zero-order valence-electron chi connectivity index (χ0n) is 31.4. The second-order valence-electron chi connectivity index (χ2n) is 13.5. The lowest BCUT2D eigenvalue weighted by Crippen LogP contribution is -2.39. The lowest BCUT2D eigenvalue weighted by molar-refractivity contribution is -0.0810. The van der Waals surface area contributed by atoms with Crippen molar-refractivity contribution in [2.24, 2.45) is 0 Å². The minimum absolute atomic E-state index is 0.0284. The second kappa shape index (κ2) is 18.4. The molecule has 11 heteroatoms. The van der Waals surface area contributed by atoms with Crippen LogP contribution in [0.25, 0.3) is 0 Å². The summed E-state index contributed by atoms with van der Waals surface area (Å²) in [5.41, 5.74) is 1.98. The number of ether oxygens (including phenoxy) is 4. The molecule has 5 rings (SSSR count). The van der Waals surface area contributed by atoms with E-state index in [4.69, 9.17) is 28.0 Å². The molecule has 4 aromatic carbocycles. The van der Waals surface area contributed by atoms with Gasteiger partial charge in [0.1, 0.15) is 34.8 Å². The summed E-state index contributed by atoms with van der Waals surface area (Å²) in [6, 6.07) is 30.1. The number of methoxy groups -OCH3 is 2. The molecule has 0 bridgehead atoms. The number of benzene rings is 4. The second-order valence-corrected chi connectivity index (χ2v) is 14.9. The highest BCUT2D eigenvalue weighted by Gasteiger charge is 2.45. The van der Waals surface area contributed by atoms with Crippen molar-refractivity contribution >= 4 is 8.53 Å². The Hall–Kier alpha value is -3.94. The first-order valence-electron chi connectivity index (χ1n) is 17.9. The molecule has 1 aliphatic heterocycles. The van der Waals surface area contributed by atoms with Crippen molar-refractivity contribution in [3.63, 3.8) is 0 Å². The Kier molecular flexibility index (Phi) is 14.0. The van der Waals surface area contributed by atoms with E-state index in [0.717, 1.165) is 22.8 Å². The van der Waals surface area contributed by atoms with Gasteiger partial charge >= 0.3 is 0 Å². The van der Waals surface area contributed by atoms with Crippen molar-refractivity contribution in [2.75, 3.05) is 27.4 Å². The molecule has 1 fully saturated rings. The number of halogens is 2. The molecule has 0 aromatic heterocycles.